The fourth-order valence-corrected chi connectivity index (χ4v) is 3.14. The zero-order chi connectivity index (χ0) is 14.8. The summed E-state index contributed by atoms with van der Waals surface area (Å²) in [5.41, 5.74) is 0. The van der Waals surface area contributed by atoms with Crippen LogP contribution in [0.3, 0.4) is 0 Å². The molecule has 1 saturated heterocycles. The summed E-state index contributed by atoms with van der Waals surface area (Å²) in [5, 5.41) is 3.57. The van der Waals surface area contributed by atoms with E-state index in [9.17, 15) is 0 Å². The lowest BCUT2D eigenvalue weighted by molar-refractivity contribution is 0.198. The van der Waals surface area contributed by atoms with E-state index in [-0.39, 0.29) is 0 Å². The topological polar surface area (TPSA) is 21.8 Å². The molecule has 1 rings (SSSR count). The Morgan fingerprint density at radius 2 is 1.80 bits per heavy atom. The summed E-state index contributed by atoms with van der Waals surface area (Å²) in [4.78, 5) is 7.59. The highest BCUT2D eigenvalue weighted by Crippen LogP contribution is 2.16. The van der Waals surface area contributed by atoms with Crippen molar-refractivity contribution in [2.75, 3.05) is 66.0 Å². The van der Waals surface area contributed by atoms with Crippen LogP contribution >= 0.6 is 0 Å². The fourth-order valence-electron chi connectivity index (χ4n) is 3.14. The first-order valence-corrected chi connectivity index (χ1v) is 8.56. The highest BCUT2D eigenvalue weighted by atomic mass is 15.2. The molecule has 0 bridgehead atoms. The van der Waals surface area contributed by atoms with Crippen molar-refractivity contribution in [3.05, 3.63) is 0 Å². The first-order valence-electron chi connectivity index (χ1n) is 8.56. The smallest absolute Gasteiger partial charge is 0.0223 e. The molecule has 1 aliphatic heterocycles. The van der Waals surface area contributed by atoms with Crippen LogP contribution in [0.25, 0.3) is 0 Å². The predicted octanol–water partition coefficient (Wildman–Crippen LogP) is 1.33. The molecule has 4 heteroatoms. The van der Waals surface area contributed by atoms with Crippen molar-refractivity contribution >= 4 is 0 Å². The van der Waals surface area contributed by atoms with Crippen LogP contribution in [0.5, 0.6) is 0 Å². The molecule has 1 unspecified atom stereocenters. The van der Waals surface area contributed by atoms with E-state index in [1.165, 1.54) is 39.0 Å². The van der Waals surface area contributed by atoms with Gasteiger partial charge < -0.3 is 15.1 Å². The number of hydrogen-bond donors (Lipinski definition) is 1. The summed E-state index contributed by atoms with van der Waals surface area (Å²) in [7, 11) is 2.26. The molecule has 4 nitrogen and oxygen atoms in total. The van der Waals surface area contributed by atoms with Gasteiger partial charge in [0.25, 0.3) is 0 Å². The molecule has 1 aliphatic rings. The Hall–Kier alpha value is -0.160. The molecule has 1 heterocycles. The number of rotatable bonds is 11. The molecule has 0 aromatic heterocycles. The minimum Gasteiger partial charge on any atom is -0.314 e. The Labute approximate surface area is 126 Å². The fraction of sp³-hybridized carbons (Fsp3) is 1.00. The van der Waals surface area contributed by atoms with Gasteiger partial charge >= 0.3 is 0 Å². The van der Waals surface area contributed by atoms with Crippen LogP contribution in [0.15, 0.2) is 0 Å². The molecule has 20 heavy (non-hydrogen) atoms. The number of likely N-dealkylation sites (N-methyl/N-ethyl adjacent to an activating group) is 3. The van der Waals surface area contributed by atoms with Crippen molar-refractivity contribution in [3.8, 4) is 0 Å². The third-order valence-electron chi connectivity index (χ3n) is 4.60. The van der Waals surface area contributed by atoms with Crippen LogP contribution in [-0.2, 0) is 0 Å². The maximum Gasteiger partial charge on any atom is 0.0223 e. The van der Waals surface area contributed by atoms with Crippen LogP contribution in [0.1, 0.15) is 33.6 Å². The van der Waals surface area contributed by atoms with Gasteiger partial charge in [-0.05, 0) is 46.1 Å². The Kier molecular flexibility index (Phi) is 9.44. The van der Waals surface area contributed by atoms with Gasteiger partial charge in [0.1, 0.15) is 0 Å². The molecule has 0 saturated carbocycles. The Balaban J connectivity index is 2.04. The lowest BCUT2D eigenvalue weighted by atomic mass is 10.2. The quantitative estimate of drug-likeness (QED) is 0.578. The van der Waals surface area contributed by atoms with E-state index in [1.807, 2.05) is 0 Å². The van der Waals surface area contributed by atoms with E-state index in [0.29, 0.717) is 0 Å². The molecule has 0 aromatic carbocycles. The van der Waals surface area contributed by atoms with Crippen molar-refractivity contribution in [1.82, 2.24) is 20.0 Å². The minimum atomic E-state index is 0.792. The molecule has 1 N–H and O–H groups in total. The third kappa shape index (κ3) is 6.53. The SMILES string of the molecule is CCN(CC)CCNCCN(C)CC1CCCN1CC. The summed E-state index contributed by atoms with van der Waals surface area (Å²) in [5.74, 6) is 0. The average Bonchev–Trinajstić information content (AvgIpc) is 2.90. The molecule has 120 valence electrons. The minimum absolute atomic E-state index is 0.792. The van der Waals surface area contributed by atoms with Crippen molar-refractivity contribution in [3.63, 3.8) is 0 Å². The normalized spacial score (nSPS) is 20.4. The summed E-state index contributed by atoms with van der Waals surface area (Å²) in [6.45, 7) is 17.4. The van der Waals surface area contributed by atoms with Gasteiger partial charge in [-0.25, -0.2) is 0 Å². The van der Waals surface area contributed by atoms with E-state index in [1.54, 1.807) is 0 Å². The highest BCUT2D eigenvalue weighted by molar-refractivity contribution is 4.80. The van der Waals surface area contributed by atoms with Crippen LogP contribution in [-0.4, -0.2) is 86.7 Å². The largest absolute Gasteiger partial charge is 0.314 e. The zero-order valence-electron chi connectivity index (χ0n) is 14.2. The maximum absolute atomic E-state index is 3.57. The van der Waals surface area contributed by atoms with Gasteiger partial charge in [0.15, 0.2) is 0 Å². The lowest BCUT2D eigenvalue weighted by Gasteiger charge is -2.27. The van der Waals surface area contributed by atoms with Gasteiger partial charge in [-0.15, -0.1) is 0 Å². The van der Waals surface area contributed by atoms with Gasteiger partial charge in [-0.3, -0.25) is 4.90 Å². The first-order chi connectivity index (χ1) is 9.71. The van der Waals surface area contributed by atoms with E-state index in [4.69, 9.17) is 0 Å². The molecule has 0 radical (unpaired) electrons. The molecular formula is C16H36N4. The first kappa shape index (κ1) is 17.9. The van der Waals surface area contributed by atoms with Crippen LogP contribution < -0.4 is 5.32 Å². The lowest BCUT2D eigenvalue weighted by Crippen LogP contribution is -2.41. The van der Waals surface area contributed by atoms with Crippen molar-refractivity contribution in [1.29, 1.82) is 0 Å². The Bertz CT molecular complexity index is 231. The summed E-state index contributed by atoms with van der Waals surface area (Å²) in [6, 6.07) is 0.792. The summed E-state index contributed by atoms with van der Waals surface area (Å²) >= 11 is 0. The number of hydrogen-bond acceptors (Lipinski definition) is 4. The monoisotopic (exact) mass is 284 g/mol. The molecule has 0 aliphatic carbocycles. The molecule has 1 fully saturated rings. The molecular weight excluding hydrogens is 248 g/mol. The number of likely N-dealkylation sites (tertiary alicyclic amines) is 1. The van der Waals surface area contributed by atoms with E-state index in [2.05, 4.69) is 47.8 Å². The summed E-state index contributed by atoms with van der Waals surface area (Å²) < 4.78 is 0. The van der Waals surface area contributed by atoms with Gasteiger partial charge in [0.2, 0.25) is 0 Å². The molecule has 0 aromatic rings. The average molecular weight is 284 g/mol. The predicted molar refractivity (Wildman–Crippen MR) is 88.4 cm³/mol. The second-order valence-electron chi connectivity index (χ2n) is 5.96. The Morgan fingerprint density at radius 3 is 2.45 bits per heavy atom. The molecule has 1 atom stereocenters. The van der Waals surface area contributed by atoms with Crippen molar-refractivity contribution in [2.24, 2.45) is 0 Å². The van der Waals surface area contributed by atoms with E-state index in [0.717, 1.165) is 38.8 Å². The van der Waals surface area contributed by atoms with Gasteiger partial charge in [0.05, 0.1) is 0 Å². The van der Waals surface area contributed by atoms with Crippen LogP contribution in [0.2, 0.25) is 0 Å². The number of nitrogens with one attached hydrogen (secondary N) is 1. The van der Waals surface area contributed by atoms with Gasteiger partial charge in [-0.1, -0.05) is 20.8 Å². The summed E-state index contributed by atoms with van der Waals surface area (Å²) in [6.07, 6.45) is 2.77. The van der Waals surface area contributed by atoms with Crippen molar-refractivity contribution < 1.29 is 0 Å². The van der Waals surface area contributed by atoms with Crippen molar-refractivity contribution in [2.45, 2.75) is 39.7 Å². The zero-order valence-corrected chi connectivity index (χ0v) is 14.2. The van der Waals surface area contributed by atoms with Crippen LogP contribution in [0.4, 0.5) is 0 Å². The second-order valence-corrected chi connectivity index (χ2v) is 5.96. The third-order valence-corrected chi connectivity index (χ3v) is 4.60. The standard InChI is InChI=1S/C16H36N4/c1-5-19(6-2)14-11-17-10-13-18(4)15-16-9-8-12-20(16)7-3/h16-17H,5-15H2,1-4H3. The van der Waals surface area contributed by atoms with Crippen LogP contribution in [0, 0.1) is 0 Å². The second kappa shape index (κ2) is 10.6. The van der Waals surface area contributed by atoms with E-state index < -0.39 is 0 Å². The highest BCUT2D eigenvalue weighted by Gasteiger charge is 2.23. The maximum atomic E-state index is 3.57. The molecule has 0 spiro atoms. The molecule has 0 amide bonds. The van der Waals surface area contributed by atoms with Gasteiger partial charge in [0, 0.05) is 38.8 Å². The van der Waals surface area contributed by atoms with Gasteiger partial charge in [-0.2, -0.15) is 0 Å². The number of nitrogens with zero attached hydrogens (tertiary/aromatic N) is 3. The Morgan fingerprint density at radius 1 is 1.10 bits per heavy atom. The van der Waals surface area contributed by atoms with E-state index >= 15 is 0 Å².